The fraction of sp³-hybridized carbons (Fsp3) is 0.556. The molecule has 0 fully saturated rings. The summed E-state index contributed by atoms with van der Waals surface area (Å²) in [6.07, 6.45) is 4.55. The summed E-state index contributed by atoms with van der Waals surface area (Å²) in [5.41, 5.74) is 1.07. The SMILES string of the molecule is CCC(OC)c1ncc(C)cn1. The van der Waals surface area contributed by atoms with E-state index in [9.17, 15) is 0 Å². The molecule has 1 heterocycles. The van der Waals surface area contributed by atoms with Crippen LogP contribution in [0.1, 0.15) is 30.8 Å². The van der Waals surface area contributed by atoms with Crippen molar-refractivity contribution in [1.82, 2.24) is 9.97 Å². The molecule has 1 aromatic rings. The molecule has 0 bridgehead atoms. The van der Waals surface area contributed by atoms with Gasteiger partial charge < -0.3 is 4.74 Å². The van der Waals surface area contributed by atoms with Gasteiger partial charge in [0, 0.05) is 19.5 Å². The molecule has 0 saturated carbocycles. The van der Waals surface area contributed by atoms with Crippen molar-refractivity contribution >= 4 is 0 Å². The summed E-state index contributed by atoms with van der Waals surface area (Å²) < 4.78 is 5.20. The normalized spacial score (nSPS) is 12.9. The Kier molecular flexibility index (Phi) is 3.17. The van der Waals surface area contributed by atoms with E-state index >= 15 is 0 Å². The van der Waals surface area contributed by atoms with Crippen LogP contribution < -0.4 is 0 Å². The Morgan fingerprint density at radius 3 is 2.42 bits per heavy atom. The van der Waals surface area contributed by atoms with E-state index in [0.29, 0.717) is 0 Å². The van der Waals surface area contributed by atoms with Gasteiger partial charge in [0.1, 0.15) is 6.10 Å². The Morgan fingerprint density at radius 2 is 2.00 bits per heavy atom. The molecule has 0 aromatic carbocycles. The molecule has 0 saturated heterocycles. The van der Waals surface area contributed by atoms with Crippen LogP contribution in [0.15, 0.2) is 12.4 Å². The molecule has 0 spiro atoms. The molecule has 0 aliphatic rings. The molecular weight excluding hydrogens is 152 g/mol. The summed E-state index contributed by atoms with van der Waals surface area (Å²) in [4.78, 5) is 8.37. The van der Waals surface area contributed by atoms with Gasteiger partial charge in [-0.15, -0.1) is 0 Å². The van der Waals surface area contributed by atoms with Crippen molar-refractivity contribution < 1.29 is 4.74 Å². The lowest BCUT2D eigenvalue weighted by molar-refractivity contribution is 0.0925. The number of hydrogen-bond donors (Lipinski definition) is 0. The highest BCUT2D eigenvalue weighted by Gasteiger charge is 2.09. The van der Waals surface area contributed by atoms with Crippen molar-refractivity contribution in [1.29, 1.82) is 0 Å². The van der Waals surface area contributed by atoms with Gasteiger partial charge >= 0.3 is 0 Å². The largest absolute Gasteiger partial charge is 0.373 e. The van der Waals surface area contributed by atoms with E-state index in [1.807, 2.05) is 19.3 Å². The van der Waals surface area contributed by atoms with Crippen LogP contribution in [0.3, 0.4) is 0 Å². The lowest BCUT2D eigenvalue weighted by atomic mass is 10.2. The van der Waals surface area contributed by atoms with Crippen LogP contribution in [0.25, 0.3) is 0 Å². The predicted molar refractivity (Wildman–Crippen MR) is 46.8 cm³/mol. The fourth-order valence-electron chi connectivity index (χ4n) is 1.02. The number of hydrogen-bond acceptors (Lipinski definition) is 3. The summed E-state index contributed by atoms with van der Waals surface area (Å²) >= 11 is 0. The average molecular weight is 166 g/mol. The number of aromatic nitrogens is 2. The molecule has 0 amide bonds. The molecule has 0 aliphatic heterocycles. The molecule has 1 unspecified atom stereocenters. The monoisotopic (exact) mass is 166 g/mol. The maximum Gasteiger partial charge on any atom is 0.157 e. The zero-order valence-corrected chi connectivity index (χ0v) is 7.74. The third-order valence-corrected chi connectivity index (χ3v) is 1.74. The maximum absolute atomic E-state index is 5.20. The van der Waals surface area contributed by atoms with Crippen LogP contribution in [0.4, 0.5) is 0 Å². The maximum atomic E-state index is 5.20. The summed E-state index contributed by atoms with van der Waals surface area (Å²) in [6.45, 7) is 4.02. The van der Waals surface area contributed by atoms with Crippen molar-refractivity contribution in [3.63, 3.8) is 0 Å². The minimum absolute atomic E-state index is 0.0330. The van der Waals surface area contributed by atoms with Crippen molar-refractivity contribution in [2.24, 2.45) is 0 Å². The summed E-state index contributed by atoms with van der Waals surface area (Å²) in [5, 5.41) is 0. The minimum Gasteiger partial charge on any atom is -0.373 e. The second-order valence-electron chi connectivity index (χ2n) is 2.75. The molecule has 0 N–H and O–H groups in total. The van der Waals surface area contributed by atoms with Gasteiger partial charge in [-0.2, -0.15) is 0 Å². The minimum atomic E-state index is 0.0330. The topological polar surface area (TPSA) is 35.0 Å². The Bertz CT molecular complexity index is 229. The van der Waals surface area contributed by atoms with Crippen LogP contribution in [0.5, 0.6) is 0 Å². The quantitative estimate of drug-likeness (QED) is 0.687. The number of methoxy groups -OCH3 is 1. The highest BCUT2D eigenvalue weighted by Crippen LogP contribution is 2.14. The van der Waals surface area contributed by atoms with Gasteiger partial charge in [-0.1, -0.05) is 6.92 Å². The van der Waals surface area contributed by atoms with Crippen molar-refractivity contribution in [2.75, 3.05) is 7.11 Å². The number of aryl methyl sites for hydroxylation is 1. The molecule has 1 rings (SSSR count). The summed E-state index contributed by atoms with van der Waals surface area (Å²) in [6, 6.07) is 0. The van der Waals surface area contributed by atoms with Crippen molar-refractivity contribution in [3.8, 4) is 0 Å². The number of nitrogens with zero attached hydrogens (tertiary/aromatic N) is 2. The molecule has 12 heavy (non-hydrogen) atoms. The van der Waals surface area contributed by atoms with Gasteiger partial charge in [-0.05, 0) is 18.9 Å². The zero-order chi connectivity index (χ0) is 8.97. The standard InChI is InChI=1S/C9H14N2O/c1-4-8(12-3)9-10-5-7(2)6-11-9/h5-6,8H,4H2,1-3H3. The van der Waals surface area contributed by atoms with Gasteiger partial charge in [0.05, 0.1) is 0 Å². The van der Waals surface area contributed by atoms with Gasteiger partial charge in [0.25, 0.3) is 0 Å². The van der Waals surface area contributed by atoms with E-state index in [1.165, 1.54) is 0 Å². The van der Waals surface area contributed by atoms with E-state index in [4.69, 9.17) is 4.74 Å². The van der Waals surface area contributed by atoms with Crippen LogP contribution in [-0.2, 0) is 4.74 Å². The first kappa shape index (κ1) is 9.13. The van der Waals surface area contributed by atoms with Gasteiger partial charge in [-0.3, -0.25) is 0 Å². The van der Waals surface area contributed by atoms with Crippen LogP contribution in [0, 0.1) is 6.92 Å². The lowest BCUT2D eigenvalue weighted by Crippen LogP contribution is -2.05. The average Bonchev–Trinajstić information content (AvgIpc) is 2.10. The third kappa shape index (κ3) is 2.01. The van der Waals surface area contributed by atoms with Crippen LogP contribution >= 0.6 is 0 Å². The molecular formula is C9H14N2O. The molecule has 3 nitrogen and oxygen atoms in total. The molecule has 66 valence electrons. The third-order valence-electron chi connectivity index (χ3n) is 1.74. The first-order valence-corrected chi connectivity index (χ1v) is 4.09. The van der Waals surface area contributed by atoms with Gasteiger partial charge in [-0.25, -0.2) is 9.97 Å². The Labute approximate surface area is 72.8 Å². The highest BCUT2D eigenvalue weighted by molar-refractivity contribution is 5.03. The first-order chi connectivity index (χ1) is 5.77. The number of ether oxygens (including phenoxy) is 1. The smallest absolute Gasteiger partial charge is 0.157 e. The van der Waals surface area contributed by atoms with Gasteiger partial charge in [0.15, 0.2) is 5.82 Å². The van der Waals surface area contributed by atoms with Crippen LogP contribution in [0.2, 0.25) is 0 Å². The molecule has 1 atom stereocenters. The zero-order valence-electron chi connectivity index (χ0n) is 7.74. The molecule has 0 radical (unpaired) electrons. The van der Waals surface area contributed by atoms with Gasteiger partial charge in [0.2, 0.25) is 0 Å². The highest BCUT2D eigenvalue weighted by atomic mass is 16.5. The van der Waals surface area contributed by atoms with E-state index in [0.717, 1.165) is 17.8 Å². The molecule has 1 aromatic heterocycles. The second kappa shape index (κ2) is 4.16. The van der Waals surface area contributed by atoms with E-state index in [2.05, 4.69) is 16.9 Å². The van der Waals surface area contributed by atoms with Crippen molar-refractivity contribution in [2.45, 2.75) is 26.4 Å². The van der Waals surface area contributed by atoms with Crippen LogP contribution in [-0.4, -0.2) is 17.1 Å². The van der Waals surface area contributed by atoms with E-state index in [-0.39, 0.29) is 6.10 Å². The molecule has 0 aliphatic carbocycles. The first-order valence-electron chi connectivity index (χ1n) is 4.09. The van der Waals surface area contributed by atoms with Crippen molar-refractivity contribution in [3.05, 3.63) is 23.8 Å². The fourth-order valence-corrected chi connectivity index (χ4v) is 1.02. The molecule has 3 heteroatoms. The van der Waals surface area contributed by atoms with E-state index < -0.39 is 0 Å². The Balaban J connectivity index is 2.80. The lowest BCUT2D eigenvalue weighted by Gasteiger charge is -2.10. The van der Waals surface area contributed by atoms with E-state index in [1.54, 1.807) is 7.11 Å². The summed E-state index contributed by atoms with van der Waals surface area (Å²) in [7, 11) is 1.68. The Hall–Kier alpha value is -0.960. The Morgan fingerprint density at radius 1 is 1.42 bits per heavy atom. The summed E-state index contributed by atoms with van der Waals surface area (Å²) in [5.74, 6) is 0.769. The second-order valence-corrected chi connectivity index (χ2v) is 2.75. The number of rotatable bonds is 3. The predicted octanol–water partition coefficient (Wildman–Crippen LogP) is 1.88.